The summed E-state index contributed by atoms with van der Waals surface area (Å²) in [4.78, 5) is 2.43. The maximum atomic E-state index is 3.89. The summed E-state index contributed by atoms with van der Waals surface area (Å²) in [7, 11) is 0. The molecule has 0 aliphatic carbocycles. The molecule has 2 aromatic carbocycles. The van der Waals surface area contributed by atoms with Gasteiger partial charge in [-0.1, -0.05) is 54.6 Å². The van der Waals surface area contributed by atoms with Crippen molar-refractivity contribution in [1.82, 2.24) is 4.90 Å². The molecular formula is C19H23N. The van der Waals surface area contributed by atoms with Crippen LogP contribution in [-0.2, 0) is 13.1 Å². The highest BCUT2D eigenvalue weighted by Crippen LogP contribution is 2.15. The van der Waals surface area contributed by atoms with E-state index in [0.717, 1.165) is 19.6 Å². The minimum Gasteiger partial charge on any atom is -0.291 e. The minimum atomic E-state index is 0.905. The Hall–Kier alpha value is -1.86. The highest BCUT2D eigenvalue weighted by molar-refractivity contribution is 5.27. The van der Waals surface area contributed by atoms with Crippen molar-refractivity contribution in [3.05, 3.63) is 83.4 Å². The summed E-state index contributed by atoms with van der Waals surface area (Å²) in [5.41, 5.74) is 5.49. The van der Waals surface area contributed by atoms with E-state index in [9.17, 15) is 0 Å². The van der Waals surface area contributed by atoms with Crippen LogP contribution in [0.1, 0.15) is 22.3 Å². The van der Waals surface area contributed by atoms with E-state index in [0.29, 0.717) is 0 Å². The SMILES string of the molecule is C=CCN(Cc1ccccc1C)Cc1ccccc1C. The Morgan fingerprint density at radius 1 is 0.850 bits per heavy atom. The van der Waals surface area contributed by atoms with E-state index < -0.39 is 0 Å². The lowest BCUT2D eigenvalue weighted by Crippen LogP contribution is -2.23. The van der Waals surface area contributed by atoms with Crippen molar-refractivity contribution in [2.45, 2.75) is 26.9 Å². The van der Waals surface area contributed by atoms with Crippen LogP contribution in [-0.4, -0.2) is 11.4 Å². The van der Waals surface area contributed by atoms with Crippen LogP contribution in [0.25, 0.3) is 0 Å². The largest absolute Gasteiger partial charge is 0.291 e. The highest BCUT2D eigenvalue weighted by atomic mass is 15.1. The molecule has 104 valence electrons. The molecule has 0 radical (unpaired) electrons. The number of benzene rings is 2. The predicted molar refractivity (Wildman–Crippen MR) is 86.7 cm³/mol. The Bertz CT molecular complexity index is 524. The summed E-state index contributed by atoms with van der Waals surface area (Å²) in [5, 5.41) is 0. The zero-order valence-electron chi connectivity index (χ0n) is 12.5. The second kappa shape index (κ2) is 7.06. The fourth-order valence-corrected chi connectivity index (χ4v) is 2.42. The molecule has 0 aliphatic heterocycles. The lowest BCUT2D eigenvalue weighted by atomic mass is 10.1. The summed E-state index contributed by atoms with van der Waals surface area (Å²) < 4.78 is 0. The molecule has 0 aliphatic rings. The number of hydrogen-bond acceptors (Lipinski definition) is 1. The van der Waals surface area contributed by atoms with E-state index in [2.05, 4.69) is 73.9 Å². The second-order valence-corrected chi connectivity index (χ2v) is 5.31. The van der Waals surface area contributed by atoms with E-state index in [-0.39, 0.29) is 0 Å². The molecule has 0 amide bonds. The molecule has 20 heavy (non-hydrogen) atoms. The van der Waals surface area contributed by atoms with Gasteiger partial charge in [-0.3, -0.25) is 4.90 Å². The number of hydrogen-bond donors (Lipinski definition) is 0. The molecule has 1 nitrogen and oxygen atoms in total. The van der Waals surface area contributed by atoms with E-state index in [1.165, 1.54) is 22.3 Å². The van der Waals surface area contributed by atoms with Crippen LogP contribution < -0.4 is 0 Å². The fraction of sp³-hybridized carbons (Fsp3) is 0.263. The van der Waals surface area contributed by atoms with E-state index in [1.807, 2.05) is 6.08 Å². The van der Waals surface area contributed by atoms with Gasteiger partial charge in [-0.15, -0.1) is 6.58 Å². The summed E-state index contributed by atoms with van der Waals surface area (Å²) in [5.74, 6) is 0. The van der Waals surface area contributed by atoms with Gasteiger partial charge in [-0.05, 0) is 36.1 Å². The molecule has 2 aromatic rings. The monoisotopic (exact) mass is 265 g/mol. The standard InChI is InChI=1S/C19H23N/c1-4-13-20(14-18-11-7-5-9-16(18)2)15-19-12-8-6-10-17(19)3/h4-12H,1,13-15H2,2-3H3. The van der Waals surface area contributed by atoms with Gasteiger partial charge in [0.2, 0.25) is 0 Å². The zero-order valence-corrected chi connectivity index (χ0v) is 12.5. The fourth-order valence-electron chi connectivity index (χ4n) is 2.42. The number of rotatable bonds is 6. The Kier molecular flexibility index (Phi) is 5.14. The van der Waals surface area contributed by atoms with Gasteiger partial charge in [0.05, 0.1) is 0 Å². The third kappa shape index (κ3) is 3.82. The van der Waals surface area contributed by atoms with E-state index >= 15 is 0 Å². The lowest BCUT2D eigenvalue weighted by Gasteiger charge is -2.22. The molecule has 0 heterocycles. The average molecular weight is 265 g/mol. The Morgan fingerprint density at radius 3 is 1.70 bits per heavy atom. The van der Waals surface area contributed by atoms with Gasteiger partial charge in [-0.25, -0.2) is 0 Å². The molecule has 1 heteroatoms. The molecule has 0 N–H and O–H groups in total. The Labute approximate surface area is 122 Å². The van der Waals surface area contributed by atoms with Gasteiger partial charge in [0.15, 0.2) is 0 Å². The van der Waals surface area contributed by atoms with Crippen molar-refractivity contribution in [1.29, 1.82) is 0 Å². The first-order valence-electron chi connectivity index (χ1n) is 7.13. The topological polar surface area (TPSA) is 3.24 Å². The van der Waals surface area contributed by atoms with Gasteiger partial charge in [0.25, 0.3) is 0 Å². The molecule has 0 spiro atoms. The van der Waals surface area contributed by atoms with Crippen LogP contribution in [0.5, 0.6) is 0 Å². The maximum Gasteiger partial charge on any atom is 0.0243 e. The van der Waals surface area contributed by atoms with Crippen molar-refractivity contribution in [2.75, 3.05) is 6.54 Å². The van der Waals surface area contributed by atoms with Gasteiger partial charge >= 0.3 is 0 Å². The normalized spacial score (nSPS) is 10.8. The van der Waals surface area contributed by atoms with Crippen LogP contribution in [0, 0.1) is 13.8 Å². The summed E-state index contributed by atoms with van der Waals surface area (Å²) >= 11 is 0. The van der Waals surface area contributed by atoms with Crippen LogP contribution in [0.3, 0.4) is 0 Å². The third-order valence-corrected chi connectivity index (χ3v) is 3.70. The van der Waals surface area contributed by atoms with E-state index in [4.69, 9.17) is 0 Å². The van der Waals surface area contributed by atoms with Crippen molar-refractivity contribution in [3.63, 3.8) is 0 Å². The molecule has 0 atom stereocenters. The molecule has 2 rings (SSSR count). The lowest BCUT2D eigenvalue weighted by molar-refractivity contribution is 0.285. The summed E-state index contributed by atoms with van der Waals surface area (Å²) in [6.07, 6.45) is 1.98. The first-order chi connectivity index (χ1) is 9.70. The van der Waals surface area contributed by atoms with Crippen LogP contribution in [0.2, 0.25) is 0 Å². The maximum absolute atomic E-state index is 3.89. The zero-order chi connectivity index (χ0) is 14.4. The first-order valence-corrected chi connectivity index (χ1v) is 7.13. The minimum absolute atomic E-state index is 0.905. The van der Waals surface area contributed by atoms with Crippen LogP contribution in [0.15, 0.2) is 61.2 Å². The molecular weight excluding hydrogens is 242 g/mol. The van der Waals surface area contributed by atoms with Gasteiger partial charge in [0.1, 0.15) is 0 Å². The van der Waals surface area contributed by atoms with Gasteiger partial charge in [-0.2, -0.15) is 0 Å². The summed E-state index contributed by atoms with van der Waals surface area (Å²) in [6, 6.07) is 17.2. The van der Waals surface area contributed by atoms with Crippen molar-refractivity contribution in [2.24, 2.45) is 0 Å². The number of aryl methyl sites for hydroxylation is 2. The molecule has 0 bridgehead atoms. The molecule has 0 aromatic heterocycles. The van der Waals surface area contributed by atoms with Crippen LogP contribution in [0.4, 0.5) is 0 Å². The smallest absolute Gasteiger partial charge is 0.0243 e. The van der Waals surface area contributed by atoms with Gasteiger partial charge < -0.3 is 0 Å². The van der Waals surface area contributed by atoms with Crippen molar-refractivity contribution < 1.29 is 0 Å². The first kappa shape index (κ1) is 14.5. The Balaban J connectivity index is 2.14. The molecule has 0 fully saturated rings. The van der Waals surface area contributed by atoms with Crippen LogP contribution >= 0.6 is 0 Å². The third-order valence-electron chi connectivity index (χ3n) is 3.70. The molecule has 0 unspecified atom stereocenters. The number of nitrogens with zero attached hydrogens (tertiary/aromatic N) is 1. The Morgan fingerprint density at radius 2 is 1.30 bits per heavy atom. The quantitative estimate of drug-likeness (QED) is 0.695. The van der Waals surface area contributed by atoms with Crippen molar-refractivity contribution in [3.8, 4) is 0 Å². The molecule has 0 saturated carbocycles. The predicted octanol–water partition coefficient (Wildman–Crippen LogP) is 4.49. The molecule has 0 saturated heterocycles. The van der Waals surface area contributed by atoms with Gasteiger partial charge in [0, 0.05) is 19.6 Å². The van der Waals surface area contributed by atoms with E-state index in [1.54, 1.807) is 0 Å². The van der Waals surface area contributed by atoms with Crippen molar-refractivity contribution >= 4 is 0 Å². The second-order valence-electron chi connectivity index (χ2n) is 5.31. The summed E-state index contributed by atoms with van der Waals surface area (Å²) in [6.45, 7) is 11.1. The average Bonchev–Trinajstić information content (AvgIpc) is 2.44. The highest BCUT2D eigenvalue weighted by Gasteiger charge is 2.08.